The average Bonchev–Trinajstić information content (AvgIpc) is 2.85. The Balaban J connectivity index is 1.59. The first-order chi connectivity index (χ1) is 15.6. The van der Waals surface area contributed by atoms with Crippen LogP contribution in [0.25, 0.3) is 11.1 Å². The number of piperidine rings is 1. The topological polar surface area (TPSA) is 49.4 Å². The smallest absolute Gasteiger partial charge is 0.253 e. The Morgan fingerprint density at radius 1 is 0.844 bits per heavy atom. The van der Waals surface area contributed by atoms with Crippen molar-refractivity contribution < 1.29 is 9.59 Å². The number of amides is 2. The van der Waals surface area contributed by atoms with E-state index in [0.29, 0.717) is 44.5 Å². The van der Waals surface area contributed by atoms with E-state index in [0.717, 1.165) is 5.56 Å². The van der Waals surface area contributed by atoms with Crippen molar-refractivity contribution in [3.8, 4) is 11.1 Å². The first-order valence-corrected chi connectivity index (χ1v) is 11.4. The van der Waals surface area contributed by atoms with Crippen LogP contribution in [0.4, 0.5) is 0 Å². The summed E-state index contributed by atoms with van der Waals surface area (Å²) in [4.78, 5) is 28.1. The molecule has 0 saturated carbocycles. The molecule has 0 aromatic heterocycles. The molecule has 2 amide bonds. The molecule has 0 bridgehead atoms. The minimum atomic E-state index is -0.519. The molecule has 1 fully saturated rings. The van der Waals surface area contributed by atoms with Crippen molar-refractivity contribution in [3.05, 3.63) is 96.1 Å². The predicted molar refractivity (Wildman–Crippen MR) is 128 cm³/mol. The van der Waals surface area contributed by atoms with Crippen LogP contribution in [-0.4, -0.2) is 36.3 Å². The van der Waals surface area contributed by atoms with Gasteiger partial charge in [-0.05, 0) is 55.0 Å². The SMILES string of the molecule is CCNC(=O)C1(Cc2ccccc2-c2ccccc2)CCN(C(=O)c2ccccc2)CC1. The molecule has 32 heavy (non-hydrogen) atoms. The number of benzene rings is 3. The standard InChI is InChI=1S/C28H30N2O2/c1-2-29-27(32)28(17-19-30(20-18-28)26(31)23-13-7-4-8-14-23)21-24-15-9-10-16-25(24)22-11-5-3-6-12-22/h3-16H,2,17-21H2,1H3,(H,29,32). The minimum absolute atomic E-state index is 0.0415. The second-order valence-electron chi connectivity index (χ2n) is 8.50. The molecule has 0 aliphatic carbocycles. The van der Waals surface area contributed by atoms with Gasteiger partial charge >= 0.3 is 0 Å². The first-order valence-electron chi connectivity index (χ1n) is 11.4. The lowest BCUT2D eigenvalue weighted by Gasteiger charge is -2.41. The zero-order valence-corrected chi connectivity index (χ0v) is 18.6. The van der Waals surface area contributed by atoms with Crippen LogP contribution >= 0.6 is 0 Å². The lowest BCUT2D eigenvalue weighted by Crippen LogP contribution is -2.51. The average molecular weight is 427 g/mol. The summed E-state index contributed by atoms with van der Waals surface area (Å²) in [5.74, 6) is 0.134. The number of likely N-dealkylation sites (tertiary alicyclic amines) is 1. The molecule has 1 heterocycles. The van der Waals surface area contributed by atoms with Gasteiger partial charge in [0.1, 0.15) is 0 Å². The molecule has 4 heteroatoms. The number of hydrogen-bond acceptors (Lipinski definition) is 2. The Hall–Kier alpha value is -3.40. The van der Waals surface area contributed by atoms with Gasteiger partial charge in [-0.15, -0.1) is 0 Å². The van der Waals surface area contributed by atoms with Crippen molar-refractivity contribution in [2.75, 3.05) is 19.6 Å². The van der Waals surface area contributed by atoms with E-state index in [1.165, 1.54) is 11.1 Å². The number of carbonyl (C=O) groups is 2. The third kappa shape index (κ3) is 4.59. The van der Waals surface area contributed by atoms with Crippen molar-refractivity contribution >= 4 is 11.8 Å². The quantitative estimate of drug-likeness (QED) is 0.606. The van der Waals surface area contributed by atoms with E-state index in [9.17, 15) is 9.59 Å². The predicted octanol–water partition coefficient (Wildman–Crippen LogP) is 4.95. The molecule has 3 aromatic carbocycles. The molecule has 1 aliphatic heterocycles. The highest BCUT2D eigenvalue weighted by atomic mass is 16.2. The van der Waals surface area contributed by atoms with Crippen LogP contribution < -0.4 is 5.32 Å². The largest absolute Gasteiger partial charge is 0.356 e. The molecule has 3 aromatic rings. The summed E-state index contributed by atoms with van der Waals surface area (Å²) in [6.45, 7) is 3.72. The van der Waals surface area contributed by atoms with Crippen molar-refractivity contribution in [3.63, 3.8) is 0 Å². The van der Waals surface area contributed by atoms with E-state index in [1.807, 2.05) is 72.5 Å². The van der Waals surface area contributed by atoms with Gasteiger partial charge in [-0.3, -0.25) is 9.59 Å². The molecule has 1 saturated heterocycles. The van der Waals surface area contributed by atoms with E-state index in [1.54, 1.807) is 0 Å². The lowest BCUT2D eigenvalue weighted by atomic mass is 9.72. The summed E-state index contributed by atoms with van der Waals surface area (Å²) in [5, 5.41) is 3.07. The van der Waals surface area contributed by atoms with Gasteiger partial charge < -0.3 is 10.2 Å². The molecular formula is C28H30N2O2. The van der Waals surface area contributed by atoms with Gasteiger partial charge in [-0.1, -0.05) is 72.8 Å². The van der Waals surface area contributed by atoms with Gasteiger partial charge in [0.05, 0.1) is 5.41 Å². The van der Waals surface area contributed by atoms with Gasteiger partial charge in [-0.25, -0.2) is 0 Å². The van der Waals surface area contributed by atoms with E-state index < -0.39 is 5.41 Å². The van der Waals surface area contributed by atoms with Crippen molar-refractivity contribution in [1.29, 1.82) is 0 Å². The van der Waals surface area contributed by atoms with E-state index in [4.69, 9.17) is 0 Å². The van der Waals surface area contributed by atoms with Crippen LogP contribution in [0.15, 0.2) is 84.9 Å². The molecule has 0 radical (unpaired) electrons. The van der Waals surface area contributed by atoms with Crippen LogP contribution in [0.1, 0.15) is 35.7 Å². The maximum absolute atomic E-state index is 13.3. The highest BCUT2D eigenvalue weighted by Gasteiger charge is 2.42. The normalized spacial score (nSPS) is 15.2. The van der Waals surface area contributed by atoms with Crippen LogP contribution in [0.5, 0.6) is 0 Å². The van der Waals surface area contributed by atoms with Gasteiger partial charge in [0.25, 0.3) is 5.91 Å². The zero-order chi connectivity index (χ0) is 22.4. The van der Waals surface area contributed by atoms with Crippen LogP contribution in [0.3, 0.4) is 0 Å². The Labute approximate surface area is 190 Å². The van der Waals surface area contributed by atoms with Crippen LogP contribution in [0, 0.1) is 5.41 Å². The fourth-order valence-corrected chi connectivity index (χ4v) is 4.67. The van der Waals surface area contributed by atoms with Gasteiger partial charge in [-0.2, -0.15) is 0 Å². The summed E-state index contributed by atoms with van der Waals surface area (Å²) >= 11 is 0. The monoisotopic (exact) mass is 426 g/mol. The van der Waals surface area contributed by atoms with Gasteiger partial charge in [0.15, 0.2) is 0 Å². The Bertz CT molecular complexity index is 1060. The van der Waals surface area contributed by atoms with E-state index in [2.05, 4.69) is 29.6 Å². The number of carbonyl (C=O) groups excluding carboxylic acids is 2. The molecule has 0 unspecified atom stereocenters. The van der Waals surface area contributed by atoms with E-state index in [-0.39, 0.29) is 11.8 Å². The van der Waals surface area contributed by atoms with Crippen molar-refractivity contribution in [2.24, 2.45) is 5.41 Å². The highest BCUT2D eigenvalue weighted by molar-refractivity contribution is 5.94. The molecular weight excluding hydrogens is 396 g/mol. The Morgan fingerprint density at radius 2 is 1.44 bits per heavy atom. The Kier molecular flexibility index (Phi) is 6.69. The van der Waals surface area contributed by atoms with Gasteiger partial charge in [0.2, 0.25) is 5.91 Å². The second-order valence-corrected chi connectivity index (χ2v) is 8.50. The maximum atomic E-state index is 13.3. The molecule has 4 rings (SSSR count). The minimum Gasteiger partial charge on any atom is -0.356 e. The van der Waals surface area contributed by atoms with Crippen LogP contribution in [0.2, 0.25) is 0 Å². The molecule has 1 aliphatic rings. The van der Waals surface area contributed by atoms with E-state index >= 15 is 0 Å². The third-order valence-electron chi connectivity index (χ3n) is 6.48. The van der Waals surface area contributed by atoms with Crippen molar-refractivity contribution in [1.82, 2.24) is 10.2 Å². The maximum Gasteiger partial charge on any atom is 0.253 e. The fraction of sp³-hybridized carbons (Fsp3) is 0.286. The summed E-state index contributed by atoms with van der Waals surface area (Å²) in [5.41, 5.74) is 3.68. The zero-order valence-electron chi connectivity index (χ0n) is 18.6. The highest BCUT2D eigenvalue weighted by Crippen LogP contribution is 2.38. The molecule has 0 atom stereocenters. The number of nitrogens with one attached hydrogen (secondary N) is 1. The number of hydrogen-bond donors (Lipinski definition) is 1. The summed E-state index contributed by atoms with van der Waals surface area (Å²) in [6.07, 6.45) is 1.97. The molecule has 0 spiro atoms. The molecule has 4 nitrogen and oxygen atoms in total. The summed E-state index contributed by atoms with van der Waals surface area (Å²) in [7, 11) is 0. The molecule has 1 N–H and O–H groups in total. The Morgan fingerprint density at radius 3 is 2.09 bits per heavy atom. The second kappa shape index (κ2) is 9.82. The molecule has 164 valence electrons. The number of rotatable bonds is 6. The van der Waals surface area contributed by atoms with Gasteiger partial charge in [0, 0.05) is 25.2 Å². The summed E-state index contributed by atoms with van der Waals surface area (Å²) < 4.78 is 0. The third-order valence-corrected chi connectivity index (χ3v) is 6.48. The fourth-order valence-electron chi connectivity index (χ4n) is 4.67. The van der Waals surface area contributed by atoms with Crippen molar-refractivity contribution in [2.45, 2.75) is 26.2 Å². The van der Waals surface area contributed by atoms with Crippen LogP contribution in [-0.2, 0) is 11.2 Å². The number of nitrogens with zero attached hydrogens (tertiary/aromatic N) is 1. The first kappa shape index (κ1) is 21.8. The summed E-state index contributed by atoms with van der Waals surface area (Å²) in [6, 6.07) is 28.1. The lowest BCUT2D eigenvalue weighted by molar-refractivity contribution is -0.133.